The molecule has 0 heterocycles. The van der Waals surface area contributed by atoms with Crippen LogP contribution in [-0.2, 0) is 4.79 Å². The zero-order valence-corrected chi connectivity index (χ0v) is 15.5. The van der Waals surface area contributed by atoms with Crippen molar-refractivity contribution in [3.8, 4) is 0 Å². The maximum atomic E-state index is 10.2. The van der Waals surface area contributed by atoms with Crippen molar-refractivity contribution in [1.29, 1.82) is 0 Å². The highest BCUT2D eigenvalue weighted by molar-refractivity contribution is 5.87. The highest BCUT2D eigenvalue weighted by Crippen LogP contribution is 2.23. The van der Waals surface area contributed by atoms with E-state index in [-0.39, 0.29) is 5.92 Å². The van der Waals surface area contributed by atoms with Gasteiger partial charge in [0.25, 0.3) is 0 Å². The van der Waals surface area contributed by atoms with E-state index < -0.39 is 11.9 Å². The SMILES string of the molecule is CC(C)C(=O)O.CC(C)CC(C)(C)C.O=C(O)c1ccccc1. The summed E-state index contributed by atoms with van der Waals surface area (Å²) in [5, 5.41) is 16.4. The first-order valence-electron chi connectivity index (χ1n) is 7.88. The van der Waals surface area contributed by atoms with Crippen LogP contribution in [-0.4, -0.2) is 22.2 Å². The van der Waals surface area contributed by atoms with Crippen LogP contribution in [0.3, 0.4) is 0 Å². The molecule has 23 heavy (non-hydrogen) atoms. The summed E-state index contributed by atoms with van der Waals surface area (Å²) in [7, 11) is 0. The van der Waals surface area contributed by atoms with Crippen LogP contribution >= 0.6 is 0 Å². The number of aromatic carboxylic acids is 1. The van der Waals surface area contributed by atoms with Crippen LogP contribution in [0.15, 0.2) is 30.3 Å². The minimum Gasteiger partial charge on any atom is -0.481 e. The number of rotatable bonds is 3. The molecule has 1 aromatic rings. The number of hydrogen-bond acceptors (Lipinski definition) is 2. The Bertz CT molecular complexity index is 442. The first kappa shape index (κ1) is 23.4. The van der Waals surface area contributed by atoms with E-state index >= 15 is 0 Å². The normalized spacial score (nSPS) is 10.3. The van der Waals surface area contributed by atoms with Gasteiger partial charge in [0, 0.05) is 0 Å². The Morgan fingerprint density at radius 3 is 1.48 bits per heavy atom. The summed E-state index contributed by atoms with van der Waals surface area (Å²) < 4.78 is 0. The average Bonchev–Trinajstić information content (AvgIpc) is 2.38. The smallest absolute Gasteiger partial charge is 0.335 e. The van der Waals surface area contributed by atoms with Gasteiger partial charge in [-0.15, -0.1) is 0 Å². The maximum Gasteiger partial charge on any atom is 0.335 e. The predicted molar refractivity (Wildman–Crippen MR) is 94.8 cm³/mol. The lowest BCUT2D eigenvalue weighted by atomic mass is 9.86. The van der Waals surface area contributed by atoms with Gasteiger partial charge in [-0.25, -0.2) is 4.79 Å². The lowest BCUT2D eigenvalue weighted by Crippen LogP contribution is -2.08. The Morgan fingerprint density at radius 2 is 1.35 bits per heavy atom. The lowest BCUT2D eigenvalue weighted by molar-refractivity contribution is -0.140. The molecule has 1 rings (SSSR count). The van der Waals surface area contributed by atoms with Crippen molar-refractivity contribution < 1.29 is 19.8 Å². The molecule has 0 radical (unpaired) electrons. The molecule has 0 fully saturated rings. The highest BCUT2D eigenvalue weighted by Gasteiger charge is 2.11. The molecular weight excluding hydrogens is 292 g/mol. The number of carboxylic acid groups (broad SMARTS) is 2. The summed E-state index contributed by atoms with van der Waals surface area (Å²) in [6, 6.07) is 8.30. The summed E-state index contributed by atoms with van der Waals surface area (Å²) in [6.07, 6.45) is 1.33. The maximum absolute atomic E-state index is 10.2. The molecule has 0 aliphatic heterocycles. The number of carbonyl (C=O) groups is 2. The summed E-state index contributed by atoms with van der Waals surface area (Å²) in [4.78, 5) is 19.9. The van der Waals surface area contributed by atoms with E-state index in [1.54, 1.807) is 44.2 Å². The van der Waals surface area contributed by atoms with Crippen LogP contribution in [0.4, 0.5) is 0 Å². The predicted octanol–water partition coefficient (Wildman–Crippen LogP) is 5.19. The third-order valence-electron chi connectivity index (χ3n) is 2.54. The Morgan fingerprint density at radius 1 is 0.957 bits per heavy atom. The van der Waals surface area contributed by atoms with E-state index in [0.29, 0.717) is 11.0 Å². The molecule has 0 unspecified atom stereocenters. The molecule has 132 valence electrons. The third-order valence-corrected chi connectivity index (χ3v) is 2.54. The van der Waals surface area contributed by atoms with Gasteiger partial charge in [-0.3, -0.25) is 4.79 Å². The van der Waals surface area contributed by atoms with Crippen molar-refractivity contribution in [3.05, 3.63) is 35.9 Å². The molecular formula is C19H32O4. The van der Waals surface area contributed by atoms with E-state index in [1.165, 1.54) is 6.42 Å². The fourth-order valence-corrected chi connectivity index (χ4v) is 1.81. The second-order valence-electron chi connectivity index (χ2n) is 7.32. The van der Waals surface area contributed by atoms with Crippen molar-refractivity contribution in [2.45, 2.75) is 54.9 Å². The Kier molecular flexibility index (Phi) is 11.9. The fraction of sp³-hybridized carbons (Fsp3) is 0.579. The first-order valence-corrected chi connectivity index (χ1v) is 7.88. The van der Waals surface area contributed by atoms with E-state index in [2.05, 4.69) is 34.6 Å². The Hall–Kier alpha value is -1.84. The van der Waals surface area contributed by atoms with Crippen LogP contribution in [0.25, 0.3) is 0 Å². The topological polar surface area (TPSA) is 74.6 Å². The molecule has 0 aliphatic rings. The largest absolute Gasteiger partial charge is 0.481 e. The summed E-state index contributed by atoms with van der Waals surface area (Å²) >= 11 is 0. The van der Waals surface area contributed by atoms with Crippen LogP contribution < -0.4 is 0 Å². The van der Waals surface area contributed by atoms with Crippen molar-refractivity contribution >= 4 is 11.9 Å². The van der Waals surface area contributed by atoms with Crippen LogP contribution in [0.5, 0.6) is 0 Å². The summed E-state index contributed by atoms with van der Waals surface area (Å²) in [5.41, 5.74) is 0.853. The molecule has 1 aromatic carbocycles. The standard InChI is InChI=1S/C8H18.C7H6O2.C4H8O2/c1-7(2)6-8(3,4)5;8-7(9)6-4-2-1-3-5-6;1-3(2)4(5)6/h7H,6H2,1-5H3;1-5H,(H,8,9);3H,1-2H3,(H,5,6). The first-order chi connectivity index (χ1) is 10.4. The molecule has 0 bridgehead atoms. The molecule has 0 saturated heterocycles. The van der Waals surface area contributed by atoms with E-state index in [0.717, 1.165) is 5.92 Å². The van der Waals surface area contributed by atoms with Gasteiger partial charge in [-0.1, -0.05) is 66.7 Å². The summed E-state index contributed by atoms with van der Waals surface area (Å²) in [6.45, 7) is 14.7. The monoisotopic (exact) mass is 324 g/mol. The molecule has 0 spiro atoms. The van der Waals surface area contributed by atoms with Gasteiger partial charge in [-0.05, 0) is 29.9 Å². The molecule has 4 nitrogen and oxygen atoms in total. The molecule has 0 amide bonds. The van der Waals surface area contributed by atoms with Gasteiger partial charge in [0.1, 0.15) is 0 Å². The second-order valence-corrected chi connectivity index (χ2v) is 7.32. The van der Waals surface area contributed by atoms with Gasteiger partial charge in [0.05, 0.1) is 11.5 Å². The Labute approximate surface area is 140 Å². The molecule has 0 saturated carbocycles. The summed E-state index contributed by atoms with van der Waals surface area (Å²) in [5.74, 6) is -1.01. The zero-order chi connectivity index (χ0) is 18.6. The Balaban J connectivity index is 0. The van der Waals surface area contributed by atoms with E-state index in [1.807, 2.05) is 0 Å². The zero-order valence-electron chi connectivity index (χ0n) is 15.5. The van der Waals surface area contributed by atoms with Crippen molar-refractivity contribution in [2.24, 2.45) is 17.3 Å². The minimum absolute atomic E-state index is 0.231. The van der Waals surface area contributed by atoms with Gasteiger partial charge in [0.15, 0.2) is 0 Å². The van der Waals surface area contributed by atoms with E-state index in [9.17, 15) is 9.59 Å². The van der Waals surface area contributed by atoms with Crippen molar-refractivity contribution in [1.82, 2.24) is 0 Å². The second kappa shape index (κ2) is 11.7. The van der Waals surface area contributed by atoms with Crippen LogP contribution in [0, 0.1) is 17.3 Å². The molecule has 0 aromatic heterocycles. The number of benzene rings is 1. The van der Waals surface area contributed by atoms with E-state index in [4.69, 9.17) is 10.2 Å². The highest BCUT2D eigenvalue weighted by atomic mass is 16.4. The van der Waals surface area contributed by atoms with Crippen molar-refractivity contribution in [2.75, 3.05) is 0 Å². The molecule has 0 atom stereocenters. The van der Waals surface area contributed by atoms with Crippen LogP contribution in [0.1, 0.15) is 65.2 Å². The number of carboxylic acids is 2. The molecule has 2 N–H and O–H groups in total. The van der Waals surface area contributed by atoms with Gasteiger partial charge < -0.3 is 10.2 Å². The average molecular weight is 324 g/mol. The number of hydrogen-bond donors (Lipinski definition) is 2. The quantitative estimate of drug-likeness (QED) is 0.802. The minimum atomic E-state index is -0.879. The van der Waals surface area contributed by atoms with Gasteiger partial charge in [-0.2, -0.15) is 0 Å². The van der Waals surface area contributed by atoms with Gasteiger partial charge >= 0.3 is 11.9 Å². The fourth-order valence-electron chi connectivity index (χ4n) is 1.81. The van der Waals surface area contributed by atoms with Crippen molar-refractivity contribution in [3.63, 3.8) is 0 Å². The molecule has 4 heteroatoms. The number of aliphatic carboxylic acids is 1. The van der Waals surface area contributed by atoms with Crippen LogP contribution in [0.2, 0.25) is 0 Å². The third kappa shape index (κ3) is 18.1. The van der Waals surface area contributed by atoms with Gasteiger partial charge in [0.2, 0.25) is 0 Å². The lowest BCUT2D eigenvalue weighted by Gasteiger charge is -2.19. The molecule has 0 aliphatic carbocycles.